The van der Waals surface area contributed by atoms with E-state index in [-0.39, 0.29) is 39.8 Å². The summed E-state index contributed by atoms with van der Waals surface area (Å²) >= 11 is 40.8. The molecule has 0 unspecified atom stereocenters. The predicted octanol–water partition coefficient (Wildman–Crippen LogP) is 7.26. The molecule has 1 aromatic rings. The first-order chi connectivity index (χ1) is 16.8. The first-order valence-corrected chi connectivity index (χ1v) is 13.3. The van der Waals surface area contributed by atoms with Crippen molar-refractivity contribution in [3.63, 3.8) is 0 Å². The van der Waals surface area contributed by atoms with Gasteiger partial charge >= 0.3 is 5.97 Å². The van der Waals surface area contributed by atoms with E-state index in [0.29, 0.717) is 22.1 Å². The molecule has 1 aromatic carbocycles. The van der Waals surface area contributed by atoms with Crippen molar-refractivity contribution in [1.82, 2.24) is 0 Å². The molecular weight excluding hydrogens is 593 g/mol. The highest BCUT2D eigenvalue weighted by Crippen LogP contribution is 2.79. The highest BCUT2D eigenvalue weighted by molar-refractivity contribution is 6.65. The summed E-state index contributed by atoms with van der Waals surface area (Å²) < 4.78 is 4.15. The second-order valence-electron chi connectivity index (χ2n) is 9.72. The van der Waals surface area contributed by atoms with Crippen LogP contribution in [0.5, 0.6) is 5.75 Å². The van der Waals surface area contributed by atoms with Crippen LogP contribution < -0.4 is 5.43 Å². The lowest BCUT2D eigenvalue weighted by molar-refractivity contribution is -0.144. The van der Waals surface area contributed by atoms with Crippen LogP contribution >= 0.6 is 69.6 Å². The van der Waals surface area contributed by atoms with Gasteiger partial charge in [-0.15, -0.1) is 23.2 Å². The SMILES string of the molecule is O=C(O)[C@@H]1C[C@@H]2[C@@H](C[C@@H]1c1c3ccc(=O)cc-3oc3cc(O)ccc13)[C@@]1(Cl)C(Cl)=C(Cl)[C@@]2(Cl)C1(Cl)Cl. The van der Waals surface area contributed by atoms with Crippen molar-refractivity contribution < 1.29 is 19.4 Å². The van der Waals surface area contributed by atoms with E-state index >= 15 is 0 Å². The molecule has 0 aromatic heterocycles. The number of phenols is 1. The molecule has 11 heteroatoms. The van der Waals surface area contributed by atoms with Gasteiger partial charge in [0.15, 0.2) is 9.76 Å². The molecule has 2 N–H and O–H groups in total. The van der Waals surface area contributed by atoms with Gasteiger partial charge in [-0.05, 0) is 60.4 Å². The van der Waals surface area contributed by atoms with E-state index in [1.54, 1.807) is 12.1 Å². The Morgan fingerprint density at radius 1 is 0.944 bits per heavy atom. The highest BCUT2D eigenvalue weighted by Gasteiger charge is 2.83. The average molecular weight is 609 g/mol. The summed E-state index contributed by atoms with van der Waals surface area (Å²) in [5.74, 6) is -3.37. The molecule has 2 saturated carbocycles. The maximum absolute atomic E-state index is 12.7. The zero-order valence-electron chi connectivity index (χ0n) is 18.1. The average Bonchev–Trinajstić information content (AvgIpc) is 3.02. The summed E-state index contributed by atoms with van der Waals surface area (Å²) in [6.07, 6.45) is 0.326. The number of rotatable bonds is 2. The lowest BCUT2D eigenvalue weighted by atomic mass is 9.62. The standard InChI is InChI=1S/C25H16Cl6O5/c26-20-21(27)24(29)16-8-14(22(34)35)13(7-15(16)23(20,28)25(24,30)31)19-11-3-1-9(32)5-17(11)36-18-6-10(33)2-4-12(18)19/h1-6,13-16,32H,7-8H2,(H,34,35)/t13-,14+,15+,16+,23+,24+/m0/s1. The van der Waals surface area contributed by atoms with Gasteiger partial charge < -0.3 is 14.6 Å². The Labute approximate surface area is 234 Å². The maximum Gasteiger partial charge on any atom is 0.307 e. The number of halogens is 6. The predicted molar refractivity (Wildman–Crippen MR) is 141 cm³/mol. The number of carbonyl (C=O) groups is 1. The Bertz CT molecular complexity index is 1530. The van der Waals surface area contributed by atoms with Crippen molar-refractivity contribution >= 4 is 86.5 Å². The van der Waals surface area contributed by atoms with Crippen LogP contribution in [-0.2, 0) is 4.79 Å². The number of aromatic hydroxyl groups is 1. The number of benzene rings is 2. The zero-order valence-corrected chi connectivity index (χ0v) is 22.6. The molecule has 0 spiro atoms. The van der Waals surface area contributed by atoms with Gasteiger partial charge in [-0.25, -0.2) is 0 Å². The van der Waals surface area contributed by atoms with Crippen molar-refractivity contribution in [2.24, 2.45) is 17.8 Å². The normalized spacial score (nSPS) is 34.9. The van der Waals surface area contributed by atoms with Crippen LogP contribution in [0.3, 0.4) is 0 Å². The molecule has 1 aliphatic heterocycles. The molecule has 1 heterocycles. The van der Waals surface area contributed by atoms with Crippen molar-refractivity contribution in [2.75, 3.05) is 0 Å². The molecular formula is C25H16Cl6O5. The molecule has 188 valence electrons. The minimum Gasteiger partial charge on any atom is -0.508 e. The first kappa shape index (κ1) is 25.0. The van der Waals surface area contributed by atoms with Gasteiger partial charge in [-0.3, -0.25) is 9.59 Å². The van der Waals surface area contributed by atoms with E-state index in [0.717, 1.165) is 0 Å². The lowest BCUT2D eigenvalue weighted by Gasteiger charge is -2.45. The van der Waals surface area contributed by atoms with Crippen molar-refractivity contribution in [3.8, 4) is 17.1 Å². The number of fused-ring (bicyclic) bond motifs is 7. The highest BCUT2D eigenvalue weighted by atomic mass is 35.5. The van der Waals surface area contributed by atoms with Crippen LogP contribution in [0.2, 0.25) is 0 Å². The first-order valence-electron chi connectivity index (χ1n) is 11.1. The zero-order chi connectivity index (χ0) is 25.9. The van der Waals surface area contributed by atoms with Crippen LogP contribution in [0.4, 0.5) is 0 Å². The number of phenolic OH excluding ortho intramolecular Hbond substituents is 1. The van der Waals surface area contributed by atoms with E-state index in [4.69, 9.17) is 74.0 Å². The van der Waals surface area contributed by atoms with E-state index in [9.17, 15) is 19.8 Å². The molecule has 6 rings (SSSR count). The van der Waals surface area contributed by atoms with Crippen LogP contribution in [0.15, 0.2) is 55.7 Å². The van der Waals surface area contributed by atoms with Crippen LogP contribution in [-0.4, -0.2) is 30.3 Å². The molecule has 6 atom stereocenters. The number of aliphatic carboxylic acids is 1. The van der Waals surface area contributed by atoms with E-state index in [2.05, 4.69) is 0 Å². The molecule has 0 saturated heterocycles. The molecule has 2 fully saturated rings. The molecule has 5 aliphatic rings. The summed E-state index contributed by atoms with van der Waals surface area (Å²) in [5, 5.41) is 21.1. The van der Waals surface area contributed by atoms with Crippen molar-refractivity contribution in [1.29, 1.82) is 0 Å². The molecule has 2 bridgehead atoms. The summed E-state index contributed by atoms with van der Waals surface area (Å²) in [5.41, 5.74) is 1.27. The van der Waals surface area contributed by atoms with E-state index in [1.165, 1.54) is 24.3 Å². The Morgan fingerprint density at radius 3 is 2.22 bits per heavy atom. The van der Waals surface area contributed by atoms with Crippen LogP contribution in [0.1, 0.15) is 24.3 Å². The number of hydrogen-bond donors (Lipinski definition) is 2. The molecule has 5 nitrogen and oxygen atoms in total. The fourth-order valence-electron chi connectivity index (χ4n) is 6.62. The molecule has 0 radical (unpaired) electrons. The molecule has 4 aliphatic carbocycles. The van der Waals surface area contributed by atoms with Gasteiger partial charge in [-0.1, -0.05) is 46.4 Å². The Kier molecular flexibility index (Phi) is 5.44. The lowest BCUT2D eigenvalue weighted by Crippen LogP contribution is -2.45. The number of allylic oxidation sites excluding steroid dienone is 2. The fourth-order valence-corrected chi connectivity index (χ4v) is 9.73. The molecule has 36 heavy (non-hydrogen) atoms. The summed E-state index contributed by atoms with van der Waals surface area (Å²) in [6.45, 7) is 0. The van der Waals surface area contributed by atoms with Gasteiger partial charge in [0.1, 0.15) is 26.8 Å². The third-order valence-corrected chi connectivity index (χ3v) is 12.5. The maximum atomic E-state index is 12.7. The minimum absolute atomic E-state index is 0.0363. The van der Waals surface area contributed by atoms with Crippen LogP contribution in [0, 0.1) is 17.8 Å². The fraction of sp³-hybridized carbons (Fsp3) is 0.360. The van der Waals surface area contributed by atoms with Gasteiger partial charge in [0.25, 0.3) is 0 Å². The number of carboxylic acids is 1. The van der Waals surface area contributed by atoms with E-state index in [1.807, 2.05) is 0 Å². The van der Waals surface area contributed by atoms with Gasteiger partial charge in [0.2, 0.25) is 0 Å². The Balaban J connectivity index is 1.61. The van der Waals surface area contributed by atoms with E-state index < -0.39 is 43.7 Å². The second kappa shape index (κ2) is 7.84. The number of hydrogen-bond acceptors (Lipinski definition) is 4. The number of alkyl halides is 4. The Hall–Kier alpha value is -1.34. The number of carboxylic acid groups (broad SMARTS) is 1. The van der Waals surface area contributed by atoms with Crippen molar-refractivity contribution in [3.05, 3.63) is 62.2 Å². The van der Waals surface area contributed by atoms with Gasteiger partial charge in [0, 0.05) is 23.1 Å². The topological polar surface area (TPSA) is 87.7 Å². The largest absolute Gasteiger partial charge is 0.508 e. The summed E-state index contributed by atoms with van der Waals surface area (Å²) in [7, 11) is 0. The second-order valence-corrected chi connectivity index (χ2v) is 13.0. The minimum atomic E-state index is -1.77. The monoisotopic (exact) mass is 606 g/mol. The smallest absolute Gasteiger partial charge is 0.307 e. The quantitative estimate of drug-likeness (QED) is 0.236. The summed E-state index contributed by atoms with van der Waals surface area (Å²) in [6, 6.07) is 8.92. The van der Waals surface area contributed by atoms with Gasteiger partial charge in [0.05, 0.1) is 16.0 Å². The Morgan fingerprint density at radius 2 is 1.58 bits per heavy atom. The summed E-state index contributed by atoms with van der Waals surface area (Å²) in [4.78, 5) is 21.7. The third-order valence-electron chi connectivity index (χ3n) is 8.16. The van der Waals surface area contributed by atoms with Crippen molar-refractivity contribution in [2.45, 2.75) is 32.8 Å². The van der Waals surface area contributed by atoms with Gasteiger partial charge in [-0.2, -0.15) is 0 Å². The molecule has 0 amide bonds. The third kappa shape index (κ3) is 2.88. The van der Waals surface area contributed by atoms with Crippen LogP contribution in [0.25, 0.3) is 22.3 Å².